The number of piperazine rings is 1. The lowest BCUT2D eigenvalue weighted by Crippen LogP contribution is -2.58. The fraction of sp³-hybridized carbons (Fsp3) is 0.333. The molecule has 1 fully saturated rings. The number of nitrogens with zero attached hydrogens (tertiary/aromatic N) is 3. The zero-order chi connectivity index (χ0) is 26.3. The molecule has 1 aliphatic rings. The average Bonchev–Trinajstić information content (AvgIpc) is 3.28. The van der Waals surface area contributed by atoms with Crippen LogP contribution >= 0.6 is 11.6 Å². The number of nitrogens with one attached hydrogen (secondary N) is 2. The van der Waals surface area contributed by atoms with E-state index in [1.807, 2.05) is 49.4 Å². The molecular weight excluding hydrogens is 482 g/mol. The number of carbonyl (C=O) groups is 1. The summed E-state index contributed by atoms with van der Waals surface area (Å²) in [4.78, 5) is 26.2. The van der Waals surface area contributed by atoms with E-state index in [2.05, 4.69) is 64.9 Å². The number of halogens is 1. The zero-order valence-corrected chi connectivity index (χ0v) is 22.8. The van der Waals surface area contributed by atoms with Crippen LogP contribution < -0.4 is 10.2 Å². The highest BCUT2D eigenvalue weighted by molar-refractivity contribution is 6.33. The van der Waals surface area contributed by atoms with Crippen LogP contribution in [-0.2, 0) is 0 Å². The van der Waals surface area contributed by atoms with Crippen molar-refractivity contribution in [2.45, 2.75) is 52.7 Å². The third kappa shape index (κ3) is 5.09. The van der Waals surface area contributed by atoms with Gasteiger partial charge in [-0.1, -0.05) is 23.7 Å². The van der Waals surface area contributed by atoms with Gasteiger partial charge in [0.25, 0.3) is 5.91 Å². The van der Waals surface area contributed by atoms with Gasteiger partial charge in [0.05, 0.1) is 16.1 Å². The molecule has 3 aromatic carbocycles. The maximum absolute atomic E-state index is 13.2. The van der Waals surface area contributed by atoms with Crippen LogP contribution in [0.1, 0.15) is 43.6 Å². The van der Waals surface area contributed by atoms with Crippen molar-refractivity contribution in [1.29, 1.82) is 0 Å². The van der Waals surface area contributed by atoms with Gasteiger partial charge in [0.1, 0.15) is 5.82 Å². The van der Waals surface area contributed by atoms with Gasteiger partial charge < -0.3 is 15.2 Å². The van der Waals surface area contributed by atoms with Crippen LogP contribution in [0.15, 0.2) is 60.7 Å². The van der Waals surface area contributed by atoms with E-state index in [1.54, 1.807) is 6.07 Å². The van der Waals surface area contributed by atoms with Gasteiger partial charge in [-0.15, -0.1) is 0 Å². The van der Waals surface area contributed by atoms with Crippen molar-refractivity contribution in [2.75, 3.05) is 23.3 Å². The summed E-state index contributed by atoms with van der Waals surface area (Å²) in [6.07, 6.45) is 0. The van der Waals surface area contributed by atoms with Crippen LogP contribution in [0.25, 0.3) is 22.4 Å². The first-order chi connectivity index (χ1) is 17.7. The van der Waals surface area contributed by atoms with E-state index in [4.69, 9.17) is 11.6 Å². The van der Waals surface area contributed by atoms with Crippen LogP contribution in [0, 0.1) is 6.92 Å². The van der Waals surface area contributed by atoms with Crippen molar-refractivity contribution in [3.05, 3.63) is 76.8 Å². The first-order valence-corrected chi connectivity index (χ1v) is 13.3. The summed E-state index contributed by atoms with van der Waals surface area (Å²) in [5.41, 5.74) is 5.99. The fourth-order valence-corrected chi connectivity index (χ4v) is 5.93. The first kappa shape index (κ1) is 25.3. The van der Waals surface area contributed by atoms with Crippen molar-refractivity contribution in [3.63, 3.8) is 0 Å². The highest BCUT2D eigenvalue weighted by Gasteiger charge is 2.31. The SMILES string of the molecule is Cc1cc(N2C[C@@H](C)N(C(C)C)[C@@H](C)C2)ccc1C(=O)Nc1ccc(Cl)c(-c2nc3ccccc3[nH]2)c1. The van der Waals surface area contributed by atoms with Gasteiger partial charge in [0.15, 0.2) is 0 Å². The van der Waals surface area contributed by atoms with Crippen molar-refractivity contribution >= 4 is 39.9 Å². The normalized spacial score (nSPS) is 18.5. The van der Waals surface area contributed by atoms with Crippen molar-refractivity contribution < 1.29 is 4.79 Å². The van der Waals surface area contributed by atoms with E-state index in [-0.39, 0.29) is 5.91 Å². The molecule has 0 aliphatic carbocycles. The van der Waals surface area contributed by atoms with E-state index >= 15 is 0 Å². The summed E-state index contributed by atoms with van der Waals surface area (Å²) in [7, 11) is 0. The number of hydrogen-bond donors (Lipinski definition) is 2. The lowest BCUT2D eigenvalue weighted by Gasteiger charge is -2.47. The van der Waals surface area contributed by atoms with Gasteiger partial charge in [-0.3, -0.25) is 9.69 Å². The number of amides is 1. The second-order valence-electron chi connectivity index (χ2n) is 10.4. The number of H-pyrrole nitrogens is 1. The number of fused-ring (bicyclic) bond motifs is 1. The maximum atomic E-state index is 13.2. The molecule has 7 heteroatoms. The number of aryl methyl sites for hydroxylation is 1. The van der Waals surface area contributed by atoms with Crippen LogP contribution in [-0.4, -0.2) is 52.0 Å². The number of carbonyl (C=O) groups excluding carboxylic acids is 1. The average molecular weight is 516 g/mol. The standard InChI is InChI=1S/C30H34ClN5O/c1-18(2)36-20(4)16-35(17-21(36)5)23-11-12-24(19(3)14-23)30(37)32-22-10-13-26(31)25(15-22)29-33-27-8-6-7-9-28(27)34-29/h6-15,18,20-21H,16-17H2,1-5H3,(H,32,37)(H,33,34)/t20-,21+. The Morgan fingerprint density at radius 2 is 1.78 bits per heavy atom. The molecule has 0 unspecified atom stereocenters. The zero-order valence-electron chi connectivity index (χ0n) is 22.0. The third-order valence-corrected chi connectivity index (χ3v) is 7.60. The Morgan fingerprint density at radius 3 is 2.46 bits per heavy atom. The molecule has 192 valence electrons. The maximum Gasteiger partial charge on any atom is 0.255 e. The largest absolute Gasteiger partial charge is 0.368 e. The summed E-state index contributed by atoms with van der Waals surface area (Å²) < 4.78 is 0. The molecule has 2 heterocycles. The molecule has 37 heavy (non-hydrogen) atoms. The minimum atomic E-state index is -0.145. The summed E-state index contributed by atoms with van der Waals surface area (Å²) in [5, 5.41) is 3.61. The number of para-hydroxylation sites is 2. The van der Waals surface area contributed by atoms with Crippen molar-refractivity contribution in [3.8, 4) is 11.4 Å². The second-order valence-corrected chi connectivity index (χ2v) is 10.8. The quantitative estimate of drug-likeness (QED) is 0.308. The highest BCUT2D eigenvalue weighted by atomic mass is 35.5. The van der Waals surface area contributed by atoms with Gasteiger partial charge in [-0.05, 0) is 88.7 Å². The summed E-state index contributed by atoms with van der Waals surface area (Å²) in [5.74, 6) is 0.525. The Hall–Kier alpha value is -3.35. The van der Waals surface area contributed by atoms with E-state index < -0.39 is 0 Å². The molecular formula is C30H34ClN5O. The number of imidazole rings is 1. The summed E-state index contributed by atoms with van der Waals surface area (Å²) in [6, 6.07) is 20.9. The molecule has 5 rings (SSSR count). The van der Waals surface area contributed by atoms with E-state index in [0.29, 0.717) is 40.2 Å². The van der Waals surface area contributed by atoms with Gasteiger partial charge in [-0.25, -0.2) is 4.98 Å². The molecule has 2 N–H and O–H groups in total. The Balaban J connectivity index is 1.33. The van der Waals surface area contributed by atoms with E-state index in [9.17, 15) is 4.79 Å². The fourth-order valence-electron chi connectivity index (χ4n) is 5.73. The molecule has 0 radical (unpaired) electrons. The second kappa shape index (κ2) is 10.2. The Kier molecular flexibility index (Phi) is 6.97. The molecule has 1 aromatic heterocycles. The molecule has 1 saturated heterocycles. The van der Waals surface area contributed by atoms with Crippen LogP contribution in [0.3, 0.4) is 0 Å². The molecule has 1 aliphatic heterocycles. The Morgan fingerprint density at radius 1 is 1.05 bits per heavy atom. The Labute approximate surface area is 223 Å². The molecule has 0 spiro atoms. The van der Waals surface area contributed by atoms with Crippen molar-refractivity contribution in [2.24, 2.45) is 0 Å². The van der Waals surface area contributed by atoms with Gasteiger partial charge >= 0.3 is 0 Å². The van der Waals surface area contributed by atoms with Crippen LogP contribution in [0.4, 0.5) is 11.4 Å². The number of hydrogen-bond acceptors (Lipinski definition) is 4. The molecule has 6 nitrogen and oxygen atoms in total. The number of benzene rings is 3. The summed E-state index contributed by atoms with van der Waals surface area (Å²) >= 11 is 6.49. The van der Waals surface area contributed by atoms with E-state index in [0.717, 1.165) is 40.9 Å². The minimum Gasteiger partial charge on any atom is -0.368 e. The number of rotatable bonds is 5. The minimum absolute atomic E-state index is 0.145. The van der Waals surface area contributed by atoms with E-state index in [1.165, 1.54) is 0 Å². The highest BCUT2D eigenvalue weighted by Crippen LogP contribution is 2.31. The first-order valence-electron chi connectivity index (χ1n) is 12.9. The Bertz CT molecular complexity index is 1400. The topological polar surface area (TPSA) is 64.3 Å². The molecule has 1 amide bonds. The lowest BCUT2D eigenvalue weighted by atomic mass is 10.0. The molecule has 0 bridgehead atoms. The van der Waals surface area contributed by atoms with Crippen molar-refractivity contribution in [1.82, 2.24) is 14.9 Å². The smallest absolute Gasteiger partial charge is 0.255 e. The van der Waals surface area contributed by atoms with Gasteiger partial charge in [0.2, 0.25) is 0 Å². The van der Waals surface area contributed by atoms with Crippen LogP contribution in [0.5, 0.6) is 0 Å². The number of aromatic nitrogens is 2. The predicted molar refractivity (Wildman–Crippen MR) is 154 cm³/mol. The molecule has 2 atom stereocenters. The third-order valence-electron chi connectivity index (χ3n) is 7.27. The summed E-state index contributed by atoms with van der Waals surface area (Å²) in [6.45, 7) is 13.1. The van der Waals surface area contributed by atoms with Crippen LogP contribution in [0.2, 0.25) is 5.02 Å². The molecule has 0 saturated carbocycles. The number of anilines is 2. The lowest BCUT2D eigenvalue weighted by molar-refractivity contribution is 0.0953. The number of aromatic amines is 1. The van der Waals surface area contributed by atoms with Gasteiger partial charge in [-0.2, -0.15) is 0 Å². The predicted octanol–water partition coefficient (Wildman–Crippen LogP) is 6.75. The monoisotopic (exact) mass is 515 g/mol. The molecule has 4 aromatic rings. The van der Waals surface area contributed by atoms with Gasteiger partial charge in [0, 0.05) is 53.7 Å².